The highest BCUT2D eigenvalue weighted by Crippen LogP contribution is 2.20. The average molecular weight is 300 g/mol. The number of rotatable bonds is 4. The van der Waals surface area contributed by atoms with Crippen molar-refractivity contribution in [1.82, 2.24) is 9.55 Å². The van der Waals surface area contributed by atoms with Crippen LogP contribution in [0.25, 0.3) is 11.1 Å². The number of aryl methyl sites for hydroxylation is 1. The van der Waals surface area contributed by atoms with E-state index >= 15 is 0 Å². The van der Waals surface area contributed by atoms with Gasteiger partial charge in [0, 0.05) is 11.8 Å². The Kier molecular flexibility index (Phi) is 3.34. The zero-order chi connectivity index (χ0) is 15.7. The summed E-state index contributed by atoms with van der Waals surface area (Å²) >= 11 is 0. The maximum Gasteiger partial charge on any atom is 0.421 e. The van der Waals surface area contributed by atoms with Crippen molar-refractivity contribution in [2.75, 3.05) is 5.32 Å². The van der Waals surface area contributed by atoms with Crippen LogP contribution in [0, 0.1) is 17.0 Å². The minimum atomic E-state index is -0.587. The molecule has 0 aliphatic carbocycles. The van der Waals surface area contributed by atoms with Crippen molar-refractivity contribution in [2.24, 2.45) is 0 Å². The fourth-order valence-corrected chi connectivity index (χ4v) is 2.12. The van der Waals surface area contributed by atoms with E-state index in [0.717, 1.165) is 5.69 Å². The van der Waals surface area contributed by atoms with Crippen LogP contribution in [0.4, 0.5) is 11.5 Å². The topological polar surface area (TPSA) is 103 Å². The summed E-state index contributed by atoms with van der Waals surface area (Å²) in [6, 6.07) is 9.56. The third-order valence-electron chi connectivity index (χ3n) is 3.17. The number of non-ortho nitro benzene ring substituents is 1. The van der Waals surface area contributed by atoms with E-state index in [1.807, 2.05) is 19.1 Å². The van der Waals surface area contributed by atoms with Crippen molar-refractivity contribution in [2.45, 2.75) is 13.6 Å². The number of oxazole rings is 1. The SMILES string of the molecule is Cc1cccc(NCn2c(=O)oc3cc([N+](=O)[O-])ccc32)n1. The molecule has 1 aromatic carbocycles. The molecule has 0 amide bonds. The summed E-state index contributed by atoms with van der Waals surface area (Å²) in [5, 5.41) is 13.8. The highest BCUT2D eigenvalue weighted by Gasteiger charge is 2.13. The smallest absolute Gasteiger partial charge is 0.407 e. The Morgan fingerprint density at radius 3 is 2.91 bits per heavy atom. The van der Waals surface area contributed by atoms with Crippen LogP contribution < -0.4 is 11.1 Å². The van der Waals surface area contributed by atoms with Crippen molar-refractivity contribution >= 4 is 22.6 Å². The number of nitrogens with zero attached hydrogens (tertiary/aromatic N) is 3. The van der Waals surface area contributed by atoms with Gasteiger partial charge in [-0.25, -0.2) is 9.78 Å². The van der Waals surface area contributed by atoms with E-state index in [0.29, 0.717) is 11.3 Å². The minimum absolute atomic E-state index is 0.123. The molecule has 2 heterocycles. The largest absolute Gasteiger partial charge is 0.421 e. The molecule has 3 rings (SSSR count). The van der Waals surface area contributed by atoms with Gasteiger partial charge < -0.3 is 9.73 Å². The van der Waals surface area contributed by atoms with Crippen LogP contribution in [0.15, 0.2) is 45.6 Å². The number of nitro groups is 1. The summed E-state index contributed by atoms with van der Waals surface area (Å²) in [5.41, 5.74) is 1.39. The first-order valence-corrected chi connectivity index (χ1v) is 6.50. The van der Waals surface area contributed by atoms with E-state index in [2.05, 4.69) is 10.3 Å². The summed E-state index contributed by atoms with van der Waals surface area (Å²) in [6.45, 7) is 2.02. The molecule has 0 radical (unpaired) electrons. The van der Waals surface area contributed by atoms with Gasteiger partial charge in [-0.1, -0.05) is 6.07 Å². The predicted molar refractivity (Wildman–Crippen MR) is 79.7 cm³/mol. The number of benzene rings is 1. The van der Waals surface area contributed by atoms with Crippen LogP contribution in [0.2, 0.25) is 0 Å². The fraction of sp³-hybridized carbons (Fsp3) is 0.143. The molecule has 0 bridgehead atoms. The monoisotopic (exact) mass is 300 g/mol. The van der Waals surface area contributed by atoms with E-state index in [1.54, 1.807) is 6.07 Å². The summed E-state index contributed by atoms with van der Waals surface area (Å²) in [4.78, 5) is 26.3. The van der Waals surface area contributed by atoms with Gasteiger partial charge in [0.25, 0.3) is 5.69 Å². The first-order valence-electron chi connectivity index (χ1n) is 6.50. The van der Waals surface area contributed by atoms with Gasteiger partial charge in [-0.3, -0.25) is 14.7 Å². The standard InChI is InChI=1S/C14H12N4O4/c1-9-3-2-4-13(16-9)15-8-17-11-6-5-10(18(20)21)7-12(11)22-14(17)19/h2-7H,8H2,1H3,(H,15,16). The van der Waals surface area contributed by atoms with Gasteiger partial charge in [-0.2, -0.15) is 0 Å². The summed E-state index contributed by atoms with van der Waals surface area (Å²) in [6.07, 6.45) is 0. The molecule has 22 heavy (non-hydrogen) atoms. The molecule has 8 heteroatoms. The molecule has 8 nitrogen and oxygen atoms in total. The van der Waals surface area contributed by atoms with Crippen LogP contribution in [-0.4, -0.2) is 14.5 Å². The number of nitro benzene ring substituents is 1. The average Bonchev–Trinajstić information content (AvgIpc) is 2.79. The second-order valence-electron chi connectivity index (χ2n) is 4.70. The summed E-state index contributed by atoms with van der Waals surface area (Å²) < 4.78 is 6.39. The van der Waals surface area contributed by atoms with E-state index in [9.17, 15) is 14.9 Å². The van der Waals surface area contributed by atoms with Crippen LogP contribution in [0.3, 0.4) is 0 Å². The Hall–Kier alpha value is -3.16. The third-order valence-corrected chi connectivity index (χ3v) is 3.17. The predicted octanol–water partition coefficient (Wildman–Crippen LogP) is 2.28. The van der Waals surface area contributed by atoms with Gasteiger partial charge >= 0.3 is 5.76 Å². The van der Waals surface area contributed by atoms with Gasteiger partial charge in [0.05, 0.1) is 16.5 Å². The molecule has 0 spiro atoms. The Balaban J connectivity index is 1.92. The van der Waals surface area contributed by atoms with Gasteiger partial charge in [0.15, 0.2) is 5.58 Å². The molecule has 0 atom stereocenters. The molecule has 0 aliphatic heterocycles. The lowest BCUT2D eigenvalue weighted by atomic mass is 10.3. The zero-order valence-corrected chi connectivity index (χ0v) is 11.6. The first kappa shape index (κ1) is 13.8. The van der Waals surface area contributed by atoms with Crippen LogP contribution in [0.1, 0.15) is 5.69 Å². The number of fused-ring (bicyclic) bond motifs is 1. The lowest BCUT2D eigenvalue weighted by Crippen LogP contribution is -2.19. The van der Waals surface area contributed by atoms with E-state index in [1.165, 1.54) is 22.8 Å². The molecule has 1 N–H and O–H groups in total. The molecule has 3 aromatic rings. The van der Waals surface area contributed by atoms with Gasteiger partial charge in [0.2, 0.25) is 0 Å². The first-order chi connectivity index (χ1) is 10.5. The maximum atomic E-state index is 11.9. The van der Waals surface area contributed by atoms with Gasteiger partial charge in [-0.15, -0.1) is 0 Å². The maximum absolute atomic E-state index is 11.9. The number of hydrogen-bond acceptors (Lipinski definition) is 6. The Morgan fingerprint density at radius 1 is 1.36 bits per heavy atom. The van der Waals surface area contributed by atoms with E-state index in [4.69, 9.17) is 4.42 Å². The highest BCUT2D eigenvalue weighted by molar-refractivity contribution is 5.75. The lowest BCUT2D eigenvalue weighted by Gasteiger charge is -2.06. The summed E-state index contributed by atoms with van der Waals surface area (Å²) in [7, 11) is 0. The number of aromatic nitrogens is 2. The van der Waals surface area contributed by atoms with Crippen molar-refractivity contribution < 1.29 is 9.34 Å². The second-order valence-corrected chi connectivity index (χ2v) is 4.70. The molecular weight excluding hydrogens is 288 g/mol. The quantitative estimate of drug-likeness (QED) is 0.585. The molecule has 2 aromatic heterocycles. The molecule has 0 aliphatic rings. The van der Waals surface area contributed by atoms with Crippen LogP contribution in [0.5, 0.6) is 0 Å². The minimum Gasteiger partial charge on any atom is -0.407 e. The van der Waals surface area contributed by atoms with Crippen LogP contribution >= 0.6 is 0 Å². The Labute approximate surface area is 124 Å². The number of nitrogens with one attached hydrogen (secondary N) is 1. The molecule has 0 saturated heterocycles. The van der Waals surface area contributed by atoms with Crippen LogP contribution in [-0.2, 0) is 6.67 Å². The van der Waals surface area contributed by atoms with Gasteiger partial charge in [0.1, 0.15) is 12.5 Å². The van der Waals surface area contributed by atoms with Crippen molar-refractivity contribution in [3.05, 3.63) is 62.8 Å². The molecule has 0 saturated carbocycles. The number of pyridine rings is 1. The lowest BCUT2D eigenvalue weighted by molar-refractivity contribution is -0.384. The normalized spacial score (nSPS) is 10.8. The van der Waals surface area contributed by atoms with E-state index in [-0.39, 0.29) is 17.9 Å². The van der Waals surface area contributed by atoms with E-state index < -0.39 is 10.7 Å². The fourth-order valence-electron chi connectivity index (χ4n) is 2.12. The molecule has 0 unspecified atom stereocenters. The summed E-state index contributed by atoms with van der Waals surface area (Å²) in [5.74, 6) is 0.0406. The molecule has 112 valence electrons. The van der Waals surface area contributed by atoms with Crippen molar-refractivity contribution in [1.29, 1.82) is 0 Å². The number of hydrogen-bond donors (Lipinski definition) is 1. The third kappa shape index (κ3) is 2.53. The molecular formula is C14H12N4O4. The number of anilines is 1. The molecule has 0 fully saturated rings. The Bertz CT molecular complexity index is 913. The second kappa shape index (κ2) is 5.32. The van der Waals surface area contributed by atoms with Crippen molar-refractivity contribution in [3.8, 4) is 0 Å². The van der Waals surface area contributed by atoms with Gasteiger partial charge in [-0.05, 0) is 25.1 Å². The highest BCUT2D eigenvalue weighted by atomic mass is 16.6. The zero-order valence-electron chi connectivity index (χ0n) is 11.6. The Morgan fingerprint density at radius 2 is 2.18 bits per heavy atom. The van der Waals surface area contributed by atoms with Crippen molar-refractivity contribution in [3.63, 3.8) is 0 Å².